The summed E-state index contributed by atoms with van der Waals surface area (Å²) in [6, 6.07) is 12.3. The Morgan fingerprint density at radius 1 is 1.02 bits per heavy atom. The van der Waals surface area contributed by atoms with E-state index in [1.54, 1.807) is 18.3 Å². The molecular formula is C32H39N11OS2. The summed E-state index contributed by atoms with van der Waals surface area (Å²) in [5.74, 6) is 1.10. The van der Waals surface area contributed by atoms with Gasteiger partial charge in [-0.3, -0.25) is 9.48 Å². The van der Waals surface area contributed by atoms with Gasteiger partial charge in [0.25, 0.3) is 0 Å². The second-order valence-electron chi connectivity index (χ2n) is 11.3. The Morgan fingerprint density at radius 2 is 1.87 bits per heavy atom. The zero-order chi connectivity index (χ0) is 32.2. The van der Waals surface area contributed by atoms with Crippen LogP contribution in [0, 0.1) is 13.8 Å². The molecular weight excluding hydrogens is 619 g/mol. The predicted octanol–water partition coefficient (Wildman–Crippen LogP) is 5.46. The summed E-state index contributed by atoms with van der Waals surface area (Å²) >= 11 is 3.13. The van der Waals surface area contributed by atoms with Crippen LogP contribution in [-0.4, -0.2) is 58.2 Å². The number of amides is 1. The average molecular weight is 658 g/mol. The molecule has 0 saturated carbocycles. The van der Waals surface area contributed by atoms with Gasteiger partial charge in [-0.15, -0.1) is 11.3 Å². The Balaban J connectivity index is 0.000000162. The first kappa shape index (κ1) is 31.4. The minimum atomic E-state index is 0.124. The van der Waals surface area contributed by atoms with Crippen molar-refractivity contribution >= 4 is 60.5 Å². The van der Waals surface area contributed by atoms with Crippen molar-refractivity contribution in [3.8, 4) is 0 Å². The average Bonchev–Trinajstić information content (AvgIpc) is 3.80. The zero-order valence-corrected chi connectivity index (χ0v) is 28.2. The van der Waals surface area contributed by atoms with E-state index in [9.17, 15) is 4.79 Å². The van der Waals surface area contributed by atoms with Gasteiger partial charge in [-0.05, 0) is 44.9 Å². The lowest BCUT2D eigenvalue weighted by atomic mass is 10.2. The van der Waals surface area contributed by atoms with Gasteiger partial charge in [-0.1, -0.05) is 30.4 Å². The van der Waals surface area contributed by atoms with Crippen LogP contribution in [0.4, 0.5) is 16.1 Å². The third kappa shape index (κ3) is 7.12. The van der Waals surface area contributed by atoms with Crippen molar-refractivity contribution in [1.29, 1.82) is 0 Å². The number of benzene rings is 1. The number of para-hydroxylation sites is 1. The molecule has 0 bridgehead atoms. The monoisotopic (exact) mass is 657 g/mol. The predicted molar refractivity (Wildman–Crippen MR) is 185 cm³/mol. The normalized spacial score (nSPS) is 12.9. The molecule has 7 rings (SSSR count). The van der Waals surface area contributed by atoms with E-state index in [1.165, 1.54) is 16.0 Å². The largest absolute Gasteiger partial charge is 0.375 e. The van der Waals surface area contributed by atoms with Gasteiger partial charge in [0.2, 0.25) is 5.91 Å². The zero-order valence-electron chi connectivity index (χ0n) is 26.6. The van der Waals surface area contributed by atoms with Crippen molar-refractivity contribution in [2.45, 2.75) is 66.6 Å². The minimum absolute atomic E-state index is 0.124. The topological polar surface area (TPSA) is 144 Å². The molecule has 0 spiro atoms. The lowest BCUT2D eigenvalue weighted by Gasteiger charge is -2.17. The fraction of sp³-hybridized carbons (Fsp3) is 0.375. The molecule has 12 nitrogen and oxygen atoms in total. The molecule has 0 saturated heterocycles. The van der Waals surface area contributed by atoms with E-state index in [1.807, 2.05) is 44.6 Å². The van der Waals surface area contributed by atoms with Gasteiger partial charge in [-0.2, -0.15) is 14.7 Å². The van der Waals surface area contributed by atoms with Gasteiger partial charge in [0.1, 0.15) is 5.82 Å². The quantitative estimate of drug-likeness (QED) is 0.194. The van der Waals surface area contributed by atoms with Crippen LogP contribution in [0.25, 0.3) is 15.9 Å². The summed E-state index contributed by atoms with van der Waals surface area (Å²) < 4.78 is 5.09. The number of nitrogens with one attached hydrogen (secondary N) is 2. The molecule has 240 valence electrons. The van der Waals surface area contributed by atoms with E-state index in [0.29, 0.717) is 18.2 Å². The first-order chi connectivity index (χ1) is 22.3. The van der Waals surface area contributed by atoms with E-state index in [-0.39, 0.29) is 5.91 Å². The number of carbonyl (C=O) groups is 1. The molecule has 0 unspecified atom stereocenters. The Morgan fingerprint density at radius 3 is 2.63 bits per heavy atom. The number of rotatable bonds is 8. The van der Waals surface area contributed by atoms with Crippen molar-refractivity contribution in [3.63, 3.8) is 0 Å². The van der Waals surface area contributed by atoms with E-state index < -0.39 is 0 Å². The van der Waals surface area contributed by atoms with Crippen molar-refractivity contribution in [2.75, 3.05) is 29.5 Å². The maximum Gasteiger partial charge on any atom is 0.219 e. The fourth-order valence-electron chi connectivity index (χ4n) is 5.33. The second-order valence-corrected chi connectivity index (χ2v) is 13.2. The number of hydrogen-bond donors (Lipinski definition) is 3. The molecule has 5 aromatic heterocycles. The van der Waals surface area contributed by atoms with Gasteiger partial charge in [-0.25, -0.2) is 15.0 Å². The van der Waals surface area contributed by atoms with Gasteiger partial charge >= 0.3 is 0 Å². The number of nitrogens with two attached hydrogens (primary N) is 1. The lowest BCUT2D eigenvalue weighted by molar-refractivity contribution is -0.129. The number of hydrogen-bond acceptors (Lipinski definition) is 11. The van der Waals surface area contributed by atoms with E-state index in [2.05, 4.69) is 67.8 Å². The summed E-state index contributed by atoms with van der Waals surface area (Å²) in [4.78, 5) is 27.1. The minimum Gasteiger partial charge on any atom is -0.375 e. The lowest BCUT2D eigenvalue weighted by Crippen LogP contribution is -2.28. The fourth-order valence-corrected chi connectivity index (χ4v) is 6.79. The summed E-state index contributed by atoms with van der Waals surface area (Å²) in [7, 11) is 0. The molecule has 1 aliphatic rings. The van der Waals surface area contributed by atoms with Crippen molar-refractivity contribution in [3.05, 3.63) is 75.8 Å². The second kappa shape index (κ2) is 13.8. The summed E-state index contributed by atoms with van der Waals surface area (Å²) in [5, 5.41) is 19.6. The molecule has 0 fully saturated rings. The van der Waals surface area contributed by atoms with Crippen molar-refractivity contribution < 1.29 is 4.79 Å². The highest BCUT2D eigenvalue weighted by atomic mass is 32.1. The number of aryl methyl sites for hydroxylation is 4. The highest BCUT2D eigenvalue weighted by Gasteiger charge is 2.18. The van der Waals surface area contributed by atoms with Crippen LogP contribution in [0.5, 0.6) is 0 Å². The summed E-state index contributed by atoms with van der Waals surface area (Å²) in [6.45, 7) is 11.5. The van der Waals surface area contributed by atoms with Crippen LogP contribution in [-0.2, 0) is 37.3 Å². The molecule has 1 amide bonds. The van der Waals surface area contributed by atoms with Gasteiger partial charge in [0, 0.05) is 55.7 Å². The van der Waals surface area contributed by atoms with Gasteiger partial charge in [0.05, 0.1) is 46.1 Å². The van der Waals surface area contributed by atoms with Crippen LogP contribution in [0.2, 0.25) is 0 Å². The third-order valence-corrected chi connectivity index (χ3v) is 9.67. The Hall–Kier alpha value is -4.56. The molecule has 14 heteroatoms. The molecule has 0 radical (unpaired) electrons. The highest BCUT2D eigenvalue weighted by Crippen LogP contribution is 2.26. The van der Waals surface area contributed by atoms with Gasteiger partial charge < -0.3 is 21.3 Å². The first-order valence-corrected chi connectivity index (χ1v) is 17.2. The van der Waals surface area contributed by atoms with Crippen LogP contribution >= 0.6 is 22.7 Å². The van der Waals surface area contributed by atoms with Crippen molar-refractivity contribution in [2.24, 2.45) is 0 Å². The molecule has 1 aliphatic heterocycles. The smallest absolute Gasteiger partial charge is 0.219 e. The Kier molecular flexibility index (Phi) is 9.45. The number of anilines is 3. The Labute approximate surface area is 275 Å². The summed E-state index contributed by atoms with van der Waals surface area (Å²) in [5.41, 5.74) is 13.9. The van der Waals surface area contributed by atoms with Crippen molar-refractivity contribution in [1.82, 2.24) is 39.2 Å². The number of fused-ring (bicyclic) bond motifs is 3. The van der Waals surface area contributed by atoms with Crippen LogP contribution in [0.1, 0.15) is 54.3 Å². The standard InChI is InChI=1S/C17H19N5OS.C15H20N6S/c1-12(23)21-7-4-8-22-14(11-21)9-13(20-22)10-18-17-19-15-5-2-3-6-16(15)24-17;1-4-11-7-13(17-6-5-12-8-22-15(16)19-12)21-14(18-11)9(2)10(3)20-21/h2-3,5-6,9H,4,7-8,10-11H2,1H3,(H,18,19);7-8,17H,4-6H2,1-3H3,(H2,16,19). The molecule has 1 aromatic carbocycles. The number of aromatic nitrogens is 7. The molecule has 46 heavy (non-hydrogen) atoms. The van der Waals surface area contributed by atoms with Crippen LogP contribution < -0.4 is 16.4 Å². The summed E-state index contributed by atoms with van der Waals surface area (Å²) in [6.07, 6.45) is 2.68. The number of carbonyl (C=O) groups excluding carboxylic acids is 1. The van der Waals surface area contributed by atoms with Gasteiger partial charge in [0.15, 0.2) is 15.9 Å². The first-order valence-electron chi connectivity index (χ1n) is 15.5. The molecule has 6 aromatic rings. The van der Waals surface area contributed by atoms with E-state index >= 15 is 0 Å². The van der Waals surface area contributed by atoms with E-state index in [4.69, 9.17) is 5.73 Å². The maximum absolute atomic E-state index is 11.6. The highest BCUT2D eigenvalue weighted by molar-refractivity contribution is 7.22. The number of nitrogens with zero attached hydrogens (tertiary/aromatic N) is 8. The molecule has 6 heterocycles. The molecule has 4 N–H and O–H groups in total. The number of nitrogen functional groups attached to an aromatic ring is 1. The number of thiazole rings is 2. The SMILES string of the molecule is CC(=O)N1CCCn2nc(CNc3nc4ccccc4s3)cc2C1.CCc1cc(NCCc2csc(N)n2)n2nc(C)c(C)c2n1. The van der Waals surface area contributed by atoms with E-state index in [0.717, 1.165) is 95.0 Å². The molecule has 0 atom stereocenters. The molecule has 0 aliphatic carbocycles. The maximum atomic E-state index is 11.6. The van der Waals surface area contributed by atoms with Crippen LogP contribution in [0.15, 0.2) is 41.8 Å². The third-order valence-electron chi connectivity index (χ3n) is 7.95. The van der Waals surface area contributed by atoms with Crippen LogP contribution in [0.3, 0.4) is 0 Å². The Bertz CT molecular complexity index is 1940.